The van der Waals surface area contributed by atoms with E-state index in [1.54, 1.807) is 24.3 Å². The van der Waals surface area contributed by atoms with E-state index in [0.717, 1.165) is 10.4 Å². The second-order valence-electron chi connectivity index (χ2n) is 5.04. The molecule has 0 atom stereocenters. The molecule has 0 spiro atoms. The molecule has 2 rings (SSSR count). The fourth-order valence-corrected chi connectivity index (χ4v) is 2.63. The van der Waals surface area contributed by atoms with Crippen LogP contribution in [0.4, 0.5) is 0 Å². The summed E-state index contributed by atoms with van der Waals surface area (Å²) in [6.07, 6.45) is 3.02. The average Bonchev–Trinajstić information content (AvgIpc) is 3.13. The van der Waals surface area contributed by atoms with Gasteiger partial charge in [-0.25, -0.2) is 0 Å². The number of halogens is 1. The number of hydrazine groups is 1. The van der Waals surface area contributed by atoms with Gasteiger partial charge in [-0.05, 0) is 60.4 Å². The third kappa shape index (κ3) is 6.83. The molecule has 0 aliphatic rings. The Morgan fingerprint density at radius 1 is 1.31 bits per heavy atom. The fourth-order valence-electron chi connectivity index (χ4n) is 1.75. The minimum atomic E-state index is -0.455. The number of carbonyl (C=O) groups excluding carboxylic acids is 2. The van der Waals surface area contributed by atoms with Crippen LogP contribution in [0, 0.1) is 6.92 Å². The largest absolute Gasteiger partial charge is 0.484 e. The lowest BCUT2D eigenvalue weighted by atomic mass is 10.2. The molecule has 26 heavy (non-hydrogen) atoms. The van der Waals surface area contributed by atoms with E-state index < -0.39 is 11.8 Å². The molecule has 136 valence electrons. The van der Waals surface area contributed by atoms with Crippen LogP contribution < -0.4 is 20.9 Å². The standard InChI is InChI=1S/C17H16ClN3O3S2/c1-11-9-12(4-6-14(11)18)24-10-16(23)20-21-17(25)19-15(22)7-5-13-3-2-8-26-13/h2-9H,10H2,1H3,(H,20,23)(H2,19,21,22,25)/b7-5+. The van der Waals surface area contributed by atoms with Crippen molar-refractivity contribution in [2.45, 2.75) is 6.92 Å². The summed E-state index contributed by atoms with van der Waals surface area (Å²) in [5.41, 5.74) is 5.62. The number of ether oxygens (including phenoxy) is 1. The van der Waals surface area contributed by atoms with E-state index in [4.69, 9.17) is 28.6 Å². The van der Waals surface area contributed by atoms with Gasteiger partial charge in [0.1, 0.15) is 5.75 Å². The molecular formula is C17H16ClN3O3S2. The molecule has 2 aromatic rings. The number of hydrogen-bond donors (Lipinski definition) is 3. The molecule has 0 fully saturated rings. The first-order chi connectivity index (χ1) is 12.4. The summed E-state index contributed by atoms with van der Waals surface area (Å²) in [5.74, 6) is -0.335. The van der Waals surface area contributed by atoms with Crippen LogP contribution in [-0.2, 0) is 9.59 Å². The minimum Gasteiger partial charge on any atom is -0.484 e. The van der Waals surface area contributed by atoms with Crippen LogP contribution in [0.15, 0.2) is 41.8 Å². The molecular weight excluding hydrogens is 394 g/mol. The van der Waals surface area contributed by atoms with Gasteiger partial charge < -0.3 is 4.74 Å². The Labute approximate surface area is 165 Å². The van der Waals surface area contributed by atoms with Crippen LogP contribution in [0.2, 0.25) is 5.02 Å². The Morgan fingerprint density at radius 3 is 2.81 bits per heavy atom. The van der Waals surface area contributed by atoms with Crippen LogP contribution >= 0.6 is 35.2 Å². The lowest BCUT2D eigenvalue weighted by Gasteiger charge is -2.11. The van der Waals surface area contributed by atoms with Crippen LogP contribution in [-0.4, -0.2) is 23.5 Å². The van der Waals surface area contributed by atoms with Crippen LogP contribution in [0.25, 0.3) is 6.08 Å². The maximum atomic E-state index is 11.7. The van der Waals surface area contributed by atoms with E-state index in [-0.39, 0.29) is 11.7 Å². The van der Waals surface area contributed by atoms with Crippen molar-refractivity contribution in [1.29, 1.82) is 0 Å². The number of hydrogen-bond acceptors (Lipinski definition) is 5. The molecule has 6 nitrogen and oxygen atoms in total. The molecule has 0 saturated heterocycles. The highest BCUT2D eigenvalue weighted by atomic mass is 35.5. The monoisotopic (exact) mass is 409 g/mol. The first kappa shape index (κ1) is 19.9. The quantitative estimate of drug-likeness (QED) is 0.402. The summed E-state index contributed by atoms with van der Waals surface area (Å²) >= 11 is 12.4. The van der Waals surface area contributed by atoms with Crippen molar-refractivity contribution in [2.24, 2.45) is 0 Å². The summed E-state index contributed by atoms with van der Waals surface area (Å²) in [4.78, 5) is 24.4. The van der Waals surface area contributed by atoms with Gasteiger partial charge >= 0.3 is 0 Å². The molecule has 1 aromatic heterocycles. The molecule has 3 N–H and O–H groups in total. The SMILES string of the molecule is Cc1cc(OCC(=O)NNC(=S)NC(=O)/C=C/c2cccs2)ccc1Cl. The number of nitrogens with one attached hydrogen (secondary N) is 3. The van der Waals surface area contributed by atoms with Crippen molar-refractivity contribution >= 4 is 58.2 Å². The van der Waals surface area contributed by atoms with E-state index in [0.29, 0.717) is 10.8 Å². The molecule has 0 aliphatic heterocycles. The molecule has 0 saturated carbocycles. The van der Waals surface area contributed by atoms with Gasteiger partial charge in [0.05, 0.1) is 0 Å². The maximum absolute atomic E-state index is 11.7. The zero-order chi connectivity index (χ0) is 18.9. The fraction of sp³-hybridized carbons (Fsp3) is 0.118. The summed E-state index contributed by atoms with van der Waals surface area (Å²) in [5, 5.41) is 4.92. The van der Waals surface area contributed by atoms with Gasteiger partial charge in [0.2, 0.25) is 5.91 Å². The first-order valence-corrected chi connectivity index (χ1v) is 9.11. The molecule has 0 bridgehead atoms. The zero-order valence-corrected chi connectivity index (χ0v) is 16.1. The molecule has 0 aliphatic carbocycles. The number of rotatable bonds is 5. The van der Waals surface area contributed by atoms with Gasteiger partial charge in [-0.15, -0.1) is 11.3 Å². The zero-order valence-electron chi connectivity index (χ0n) is 13.7. The highest BCUT2D eigenvalue weighted by Crippen LogP contribution is 2.20. The highest BCUT2D eigenvalue weighted by Gasteiger charge is 2.06. The Balaban J connectivity index is 1.68. The minimum absolute atomic E-state index is 0.0264. The number of thiocarbonyl (C=S) groups is 1. The van der Waals surface area contributed by atoms with E-state index in [1.165, 1.54) is 17.4 Å². The van der Waals surface area contributed by atoms with Gasteiger partial charge in [0.25, 0.3) is 5.91 Å². The third-order valence-electron chi connectivity index (χ3n) is 2.99. The van der Waals surface area contributed by atoms with E-state index in [2.05, 4.69) is 16.2 Å². The van der Waals surface area contributed by atoms with Gasteiger partial charge in [0, 0.05) is 16.0 Å². The molecule has 2 amide bonds. The van der Waals surface area contributed by atoms with Crippen LogP contribution in [0.5, 0.6) is 5.75 Å². The van der Waals surface area contributed by atoms with Crippen molar-refractivity contribution in [1.82, 2.24) is 16.2 Å². The van der Waals surface area contributed by atoms with Gasteiger partial charge in [-0.2, -0.15) is 0 Å². The lowest BCUT2D eigenvalue weighted by Crippen LogP contribution is -2.49. The van der Waals surface area contributed by atoms with Crippen molar-refractivity contribution in [3.05, 3.63) is 57.3 Å². The smallest absolute Gasteiger partial charge is 0.276 e. The van der Waals surface area contributed by atoms with Crippen molar-refractivity contribution < 1.29 is 14.3 Å². The Hall–Kier alpha value is -2.42. The van der Waals surface area contributed by atoms with Gasteiger partial charge in [0.15, 0.2) is 11.7 Å². The average molecular weight is 410 g/mol. The van der Waals surface area contributed by atoms with Crippen LogP contribution in [0.1, 0.15) is 10.4 Å². The number of benzene rings is 1. The second kappa shape index (κ2) is 9.91. The summed E-state index contributed by atoms with van der Waals surface area (Å²) < 4.78 is 5.35. The topological polar surface area (TPSA) is 79.5 Å². The summed E-state index contributed by atoms with van der Waals surface area (Å²) in [6, 6.07) is 8.86. The molecule has 1 heterocycles. The Morgan fingerprint density at radius 2 is 2.12 bits per heavy atom. The first-order valence-electron chi connectivity index (χ1n) is 7.44. The van der Waals surface area contributed by atoms with E-state index in [1.807, 2.05) is 24.4 Å². The summed E-state index contributed by atoms with van der Waals surface area (Å²) in [6.45, 7) is 1.62. The Bertz CT molecular complexity index is 823. The number of thiophene rings is 1. The molecule has 1 aromatic carbocycles. The van der Waals surface area contributed by atoms with E-state index in [9.17, 15) is 9.59 Å². The molecule has 0 radical (unpaired) electrons. The van der Waals surface area contributed by atoms with Crippen LogP contribution in [0.3, 0.4) is 0 Å². The van der Waals surface area contributed by atoms with Crippen molar-refractivity contribution in [3.8, 4) is 5.75 Å². The number of carbonyl (C=O) groups is 2. The highest BCUT2D eigenvalue weighted by molar-refractivity contribution is 7.80. The predicted molar refractivity (Wildman–Crippen MR) is 107 cm³/mol. The van der Waals surface area contributed by atoms with E-state index >= 15 is 0 Å². The lowest BCUT2D eigenvalue weighted by molar-refractivity contribution is -0.123. The summed E-state index contributed by atoms with van der Waals surface area (Å²) in [7, 11) is 0. The van der Waals surface area contributed by atoms with Gasteiger partial charge in [-0.1, -0.05) is 17.7 Å². The molecule has 9 heteroatoms. The van der Waals surface area contributed by atoms with Gasteiger partial charge in [-0.3, -0.25) is 25.8 Å². The van der Waals surface area contributed by atoms with Crippen molar-refractivity contribution in [3.63, 3.8) is 0 Å². The van der Waals surface area contributed by atoms with Crippen molar-refractivity contribution in [2.75, 3.05) is 6.61 Å². The number of amides is 2. The third-order valence-corrected chi connectivity index (χ3v) is 4.46. The Kier molecular flexibility index (Phi) is 7.58. The second-order valence-corrected chi connectivity index (χ2v) is 6.83. The normalized spacial score (nSPS) is 10.4. The predicted octanol–water partition coefficient (Wildman–Crippen LogP) is 2.82. The molecule has 0 unspecified atom stereocenters. The number of aryl methyl sites for hydroxylation is 1. The maximum Gasteiger partial charge on any atom is 0.276 e.